The molecule has 0 radical (unpaired) electrons. The van der Waals surface area contributed by atoms with Crippen molar-refractivity contribution in [1.82, 2.24) is 40.2 Å². The molecule has 30 heavy (non-hydrogen) atoms. The SMILES string of the molecule is CNC(=O)[C@@H]1C[C@@H](O)[C@H](n2cnc3c(NCC(F)F)nc(-c4nn[nH]c4C)nc32)O1. The van der Waals surface area contributed by atoms with Crippen LogP contribution in [0.15, 0.2) is 6.33 Å². The van der Waals surface area contributed by atoms with Crippen molar-refractivity contribution in [1.29, 1.82) is 0 Å². The Balaban J connectivity index is 1.79. The molecule has 0 aliphatic carbocycles. The lowest BCUT2D eigenvalue weighted by atomic mass is 10.2. The second kappa shape index (κ2) is 7.87. The summed E-state index contributed by atoms with van der Waals surface area (Å²) in [5, 5.41) is 25.8. The number of aliphatic hydroxyl groups excluding tert-OH is 1. The van der Waals surface area contributed by atoms with Crippen LogP contribution in [0.1, 0.15) is 18.3 Å². The van der Waals surface area contributed by atoms with E-state index >= 15 is 0 Å². The van der Waals surface area contributed by atoms with Crippen molar-refractivity contribution in [2.24, 2.45) is 0 Å². The van der Waals surface area contributed by atoms with Gasteiger partial charge in [-0.3, -0.25) is 14.5 Å². The zero-order chi connectivity index (χ0) is 21.4. The number of aromatic amines is 1. The quantitative estimate of drug-likeness (QED) is 0.428. The standard InChI is InChI=1S/C16H19F2N9O3/c1-6-10(25-26-24-6)13-22-12(20-4-9(17)18)11-14(23-13)27(5-21-11)16-7(28)3-8(30-16)15(29)19-2/h5,7-9,16,28H,3-4H2,1-2H3,(H,19,29)(H,20,22,23)(H,24,25,26)/t7-,8+,16-/m1/s1. The minimum absolute atomic E-state index is 0.0757. The number of halogens is 2. The second-order valence-corrected chi connectivity index (χ2v) is 6.71. The lowest BCUT2D eigenvalue weighted by Gasteiger charge is -2.17. The molecule has 4 heterocycles. The number of rotatable bonds is 6. The van der Waals surface area contributed by atoms with Crippen LogP contribution in [-0.4, -0.2) is 78.2 Å². The minimum atomic E-state index is -2.61. The number of aryl methyl sites for hydroxylation is 1. The molecule has 1 amide bonds. The Morgan fingerprint density at radius 3 is 2.93 bits per heavy atom. The number of nitrogens with zero attached hydrogens (tertiary/aromatic N) is 6. The van der Waals surface area contributed by atoms with Crippen LogP contribution < -0.4 is 10.6 Å². The Labute approximate surface area is 168 Å². The molecule has 1 saturated heterocycles. The molecule has 14 heteroatoms. The van der Waals surface area contributed by atoms with E-state index in [9.17, 15) is 18.7 Å². The molecule has 3 aromatic rings. The molecule has 1 fully saturated rings. The highest BCUT2D eigenvalue weighted by Gasteiger charge is 2.39. The average molecular weight is 423 g/mol. The van der Waals surface area contributed by atoms with E-state index in [1.165, 1.54) is 17.9 Å². The number of H-pyrrole nitrogens is 1. The average Bonchev–Trinajstić information content (AvgIpc) is 3.43. The molecular weight excluding hydrogens is 404 g/mol. The van der Waals surface area contributed by atoms with E-state index in [-0.39, 0.29) is 35.1 Å². The van der Waals surface area contributed by atoms with Crippen molar-refractivity contribution >= 4 is 22.9 Å². The van der Waals surface area contributed by atoms with Gasteiger partial charge in [-0.25, -0.2) is 23.7 Å². The summed E-state index contributed by atoms with van der Waals surface area (Å²) in [7, 11) is 1.47. The van der Waals surface area contributed by atoms with Crippen molar-refractivity contribution in [3.63, 3.8) is 0 Å². The van der Waals surface area contributed by atoms with Crippen LogP contribution in [0.25, 0.3) is 22.7 Å². The van der Waals surface area contributed by atoms with Gasteiger partial charge in [0.05, 0.1) is 18.6 Å². The number of carbonyl (C=O) groups excluding carboxylic acids is 1. The van der Waals surface area contributed by atoms with Gasteiger partial charge < -0.3 is 20.5 Å². The number of hydrogen-bond acceptors (Lipinski definition) is 9. The monoisotopic (exact) mass is 423 g/mol. The molecule has 3 atom stereocenters. The van der Waals surface area contributed by atoms with Gasteiger partial charge in [-0.05, 0) is 6.92 Å². The molecule has 12 nitrogen and oxygen atoms in total. The molecule has 0 aromatic carbocycles. The third kappa shape index (κ3) is 3.54. The van der Waals surface area contributed by atoms with Crippen LogP contribution in [0.2, 0.25) is 0 Å². The highest BCUT2D eigenvalue weighted by molar-refractivity contribution is 5.85. The first kappa shape index (κ1) is 20.0. The molecule has 1 aliphatic rings. The Kier molecular flexibility index (Phi) is 5.26. The van der Waals surface area contributed by atoms with Gasteiger partial charge >= 0.3 is 0 Å². The molecular formula is C16H19F2N9O3. The number of imidazole rings is 1. The lowest BCUT2D eigenvalue weighted by molar-refractivity contribution is -0.134. The van der Waals surface area contributed by atoms with E-state index in [0.29, 0.717) is 11.4 Å². The van der Waals surface area contributed by atoms with Crippen molar-refractivity contribution in [3.8, 4) is 11.5 Å². The number of hydrogen-bond donors (Lipinski definition) is 4. The zero-order valence-electron chi connectivity index (χ0n) is 16.0. The summed E-state index contributed by atoms with van der Waals surface area (Å²) in [6, 6.07) is 0. The van der Waals surface area contributed by atoms with Crippen LogP contribution in [0.4, 0.5) is 14.6 Å². The van der Waals surface area contributed by atoms with Crippen LogP contribution >= 0.6 is 0 Å². The molecule has 0 bridgehead atoms. The Morgan fingerprint density at radius 2 is 2.27 bits per heavy atom. The fourth-order valence-electron chi connectivity index (χ4n) is 3.23. The summed E-state index contributed by atoms with van der Waals surface area (Å²) >= 11 is 0. The van der Waals surface area contributed by atoms with Crippen molar-refractivity contribution in [2.45, 2.75) is 38.2 Å². The smallest absolute Gasteiger partial charge is 0.255 e. The first-order valence-electron chi connectivity index (χ1n) is 9.08. The largest absolute Gasteiger partial charge is 0.388 e. The maximum Gasteiger partial charge on any atom is 0.255 e. The molecule has 0 spiro atoms. The molecule has 4 N–H and O–H groups in total. The maximum atomic E-state index is 12.8. The van der Waals surface area contributed by atoms with Gasteiger partial charge in [-0.2, -0.15) is 0 Å². The van der Waals surface area contributed by atoms with E-state index in [4.69, 9.17) is 4.74 Å². The molecule has 3 aromatic heterocycles. The number of anilines is 1. The topological polar surface area (TPSA) is 156 Å². The van der Waals surface area contributed by atoms with Gasteiger partial charge in [-0.15, -0.1) is 5.10 Å². The summed E-state index contributed by atoms with van der Waals surface area (Å²) < 4.78 is 32.7. The molecule has 0 unspecified atom stereocenters. The summed E-state index contributed by atoms with van der Waals surface area (Å²) in [6.07, 6.45) is -3.96. The Morgan fingerprint density at radius 1 is 1.47 bits per heavy atom. The van der Waals surface area contributed by atoms with Gasteiger partial charge in [0.1, 0.15) is 12.2 Å². The van der Waals surface area contributed by atoms with Gasteiger partial charge in [0.25, 0.3) is 6.43 Å². The number of ether oxygens (including phenoxy) is 1. The normalized spacial score (nSPS) is 21.5. The van der Waals surface area contributed by atoms with Crippen molar-refractivity contribution < 1.29 is 23.4 Å². The summed E-state index contributed by atoms with van der Waals surface area (Å²) in [5.74, 6) is -0.164. The zero-order valence-corrected chi connectivity index (χ0v) is 16.0. The number of amides is 1. The van der Waals surface area contributed by atoms with E-state index in [2.05, 4.69) is 41.0 Å². The molecule has 1 aliphatic heterocycles. The predicted molar refractivity (Wildman–Crippen MR) is 98.5 cm³/mol. The molecule has 4 rings (SSSR count). The first-order chi connectivity index (χ1) is 14.4. The maximum absolute atomic E-state index is 12.8. The number of likely N-dealkylation sites (N-methyl/N-ethyl adjacent to an activating group) is 1. The number of aliphatic hydroxyl groups is 1. The van der Waals surface area contributed by atoms with Gasteiger partial charge in [-0.1, -0.05) is 5.21 Å². The first-order valence-corrected chi connectivity index (χ1v) is 9.08. The fraction of sp³-hybridized carbons (Fsp3) is 0.500. The number of carbonyl (C=O) groups is 1. The molecule has 160 valence electrons. The third-order valence-corrected chi connectivity index (χ3v) is 4.68. The molecule has 0 saturated carbocycles. The number of nitrogens with one attached hydrogen (secondary N) is 3. The number of fused-ring (bicyclic) bond motifs is 1. The van der Waals surface area contributed by atoms with Crippen molar-refractivity contribution in [3.05, 3.63) is 12.0 Å². The highest BCUT2D eigenvalue weighted by atomic mass is 19.3. The van der Waals surface area contributed by atoms with Crippen LogP contribution in [-0.2, 0) is 9.53 Å². The highest BCUT2D eigenvalue weighted by Crippen LogP contribution is 2.33. The lowest BCUT2D eigenvalue weighted by Crippen LogP contribution is -2.31. The van der Waals surface area contributed by atoms with E-state index < -0.39 is 31.4 Å². The van der Waals surface area contributed by atoms with E-state index in [1.807, 2.05) is 0 Å². The van der Waals surface area contributed by atoms with Gasteiger partial charge in [0.15, 0.2) is 34.7 Å². The number of aromatic nitrogens is 7. The van der Waals surface area contributed by atoms with Gasteiger partial charge in [0.2, 0.25) is 5.91 Å². The van der Waals surface area contributed by atoms with E-state index in [1.54, 1.807) is 6.92 Å². The van der Waals surface area contributed by atoms with E-state index in [0.717, 1.165) is 0 Å². The number of alkyl halides is 2. The Bertz CT molecular complexity index is 1070. The van der Waals surface area contributed by atoms with Crippen LogP contribution in [0, 0.1) is 6.92 Å². The summed E-state index contributed by atoms with van der Waals surface area (Å²) in [5.41, 5.74) is 1.35. The minimum Gasteiger partial charge on any atom is -0.388 e. The summed E-state index contributed by atoms with van der Waals surface area (Å²) in [4.78, 5) is 24.8. The predicted octanol–water partition coefficient (Wildman–Crippen LogP) is -0.00878. The summed E-state index contributed by atoms with van der Waals surface area (Å²) in [6.45, 7) is 1.07. The van der Waals surface area contributed by atoms with Gasteiger partial charge in [0, 0.05) is 13.5 Å². The van der Waals surface area contributed by atoms with Crippen LogP contribution in [0.5, 0.6) is 0 Å². The fourth-order valence-corrected chi connectivity index (χ4v) is 3.23. The van der Waals surface area contributed by atoms with Crippen molar-refractivity contribution in [2.75, 3.05) is 18.9 Å². The third-order valence-electron chi connectivity index (χ3n) is 4.68. The van der Waals surface area contributed by atoms with Crippen LogP contribution in [0.3, 0.4) is 0 Å². The Hall–Kier alpha value is -3.26. The second-order valence-electron chi connectivity index (χ2n) is 6.71.